The third-order valence-corrected chi connectivity index (χ3v) is 4.60. The van der Waals surface area contributed by atoms with E-state index < -0.39 is 0 Å². The molecule has 0 radical (unpaired) electrons. The van der Waals surface area contributed by atoms with Gasteiger partial charge in [-0.1, -0.05) is 6.07 Å². The van der Waals surface area contributed by atoms with Crippen molar-refractivity contribution in [3.8, 4) is 11.5 Å². The maximum atomic E-state index is 5.87. The Morgan fingerprint density at radius 1 is 1.00 bits per heavy atom. The molecule has 0 bridgehead atoms. The van der Waals surface area contributed by atoms with E-state index in [2.05, 4.69) is 33.2 Å². The first-order valence-corrected chi connectivity index (χ1v) is 9.20. The maximum Gasteiger partial charge on any atom is 0.161 e. The van der Waals surface area contributed by atoms with Crippen LogP contribution in [0.15, 0.2) is 59.6 Å². The number of hydrogen-bond acceptors (Lipinski definition) is 5. The molecule has 2 aromatic heterocycles. The van der Waals surface area contributed by atoms with Gasteiger partial charge in [0.2, 0.25) is 0 Å². The minimum atomic E-state index is 0.497. The van der Waals surface area contributed by atoms with Crippen LogP contribution in [-0.4, -0.2) is 18.6 Å². The van der Waals surface area contributed by atoms with E-state index in [4.69, 9.17) is 9.47 Å². The van der Waals surface area contributed by atoms with Crippen LogP contribution in [0.2, 0.25) is 0 Å². The lowest BCUT2D eigenvalue weighted by Crippen LogP contribution is -2.16. The van der Waals surface area contributed by atoms with Crippen molar-refractivity contribution in [3.05, 3.63) is 76.2 Å². The third-order valence-electron chi connectivity index (χ3n) is 3.87. The van der Waals surface area contributed by atoms with E-state index in [9.17, 15) is 0 Å². The van der Waals surface area contributed by atoms with E-state index in [1.165, 1.54) is 11.1 Å². The Morgan fingerprint density at radius 3 is 2.64 bits per heavy atom. The van der Waals surface area contributed by atoms with Gasteiger partial charge < -0.3 is 14.8 Å². The van der Waals surface area contributed by atoms with Gasteiger partial charge in [-0.25, -0.2) is 0 Å². The molecule has 3 aromatic rings. The quantitative estimate of drug-likeness (QED) is 0.589. The number of aromatic nitrogens is 1. The third kappa shape index (κ3) is 5.31. The molecule has 0 spiro atoms. The highest BCUT2D eigenvalue weighted by Crippen LogP contribution is 2.28. The van der Waals surface area contributed by atoms with Crippen LogP contribution in [-0.2, 0) is 19.6 Å². The fourth-order valence-electron chi connectivity index (χ4n) is 2.48. The molecule has 5 heteroatoms. The van der Waals surface area contributed by atoms with Crippen LogP contribution in [0, 0.1) is 0 Å². The van der Waals surface area contributed by atoms with Crippen molar-refractivity contribution in [2.45, 2.75) is 19.6 Å². The van der Waals surface area contributed by atoms with Crippen LogP contribution < -0.4 is 14.8 Å². The molecule has 25 heavy (non-hydrogen) atoms. The first kappa shape index (κ1) is 17.5. The molecule has 4 nitrogen and oxygen atoms in total. The molecule has 3 rings (SSSR count). The summed E-state index contributed by atoms with van der Waals surface area (Å²) in [6.07, 6.45) is 4.58. The molecule has 0 saturated carbocycles. The number of ether oxygens (including phenoxy) is 2. The zero-order valence-electron chi connectivity index (χ0n) is 14.3. The van der Waals surface area contributed by atoms with E-state index in [-0.39, 0.29) is 0 Å². The van der Waals surface area contributed by atoms with Crippen LogP contribution in [0.5, 0.6) is 11.5 Å². The van der Waals surface area contributed by atoms with Crippen LogP contribution in [0.4, 0.5) is 0 Å². The van der Waals surface area contributed by atoms with E-state index >= 15 is 0 Å². The predicted molar refractivity (Wildman–Crippen MR) is 101 cm³/mol. The molecule has 2 heterocycles. The van der Waals surface area contributed by atoms with Gasteiger partial charge in [-0.2, -0.15) is 11.3 Å². The first-order valence-electron chi connectivity index (χ1n) is 8.25. The van der Waals surface area contributed by atoms with Gasteiger partial charge in [-0.15, -0.1) is 0 Å². The average Bonchev–Trinajstić information content (AvgIpc) is 3.18. The van der Waals surface area contributed by atoms with Crippen molar-refractivity contribution in [3.63, 3.8) is 0 Å². The van der Waals surface area contributed by atoms with E-state index in [0.717, 1.165) is 36.6 Å². The second-order valence-corrected chi connectivity index (χ2v) is 6.47. The normalized spacial score (nSPS) is 10.6. The number of pyridine rings is 1. The highest BCUT2D eigenvalue weighted by Gasteiger charge is 2.06. The summed E-state index contributed by atoms with van der Waals surface area (Å²) >= 11 is 1.74. The van der Waals surface area contributed by atoms with Gasteiger partial charge in [0, 0.05) is 18.9 Å². The average molecular weight is 354 g/mol. The Morgan fingerprint density at radius 2 is 1.88 bits per heavy atom. The molecular weight excluding hydrogens is 332 g/mol. The van der Waals surface area contributed by atoms with Crippen molar-refractivity contribution in [1.82, 2.24) is 10.3 Å². The first-order chi connectivity index (χ1) is 12.3. The molecule has 0 amide bonds. The summed E-state index contributed by atoms with van der Waals surface area (Å²) in [7, 11) is 1.67. The topological polar surface area (TPSA) is 43.4 Å². The fraction of sp³-hybridized carbons (Fsp3) is 0.250. The van der Waals surface area contributed by atoms with Crippen molar-refractivity contribution in [2.24, 2.45) is 0 Å². The molecule has 0 aliphatic rings. The van der Waals surface area contributed by atoms with E-state index in [1.807, 2.05) is 24.3 Å². The largest absolute Gasteiger partial charge is 0.493 e. The highest BCUT2D eigenvalue weighted by molar-refractivity contribution is 7.07. The monoisotopic (exact) mass is 354 g/mol. The predicted octanol–water partition coefficient (Wildman–Crippen LogP) is 4.06. The fourth-order valence-corrected chi connectivity index (χ4v) is 3.18. The number of methoxy groups -OCH3 is 1. The number of nitrogens with one attached hydrogen (secondary N) is 1. The lowest BCUT2D eigenvalue weighted by Gasteiger charge is -2.12. The smallest absolute Gasteiger partial charge is 0.161 e. The molecule has 1 N–H and O–H groups in total. The lowest BCUT2D eigenvalue weighted by atomic mass is 10.2. The summed E-state index contributed by atoms with van der Waals surface area (Å²) in [6, 6.07) is 12.1. The zero-order chi connectivity index (χ0) is 17.3. The Kier molecular flexibility index (Phi) is 6.42. The number of benzene rings is 1. The molecule has 0 unspecified atom stereocenters. The van der Waals surface area contributed by atoms with Crippen LogP contribution in [0.25, 0.3) is 0 Å². The molecule has 0 atom stereocenters. The Balaban J connectivity index is 1.52. The maximum absolute atomic E-state index is 5.87. The van der Waals surface area contributed by atoms with Gasteiger partial charge in [0.15, 0.2) is 11.5 Å². The molecule has 130 valence electrons. The zero-order valence-corrected chi connectivity index (χ0v) is 15.1. The van der Waals surface area contributed by atoms with Crippen molar-refractivity contribution in [2.75, 3.05) is 13.7 Å². The van der Waals surface area contributed by atoms with Gasteiger partial charge >= 0.3 is 0 Å². The summed E-state index contributed by atoms with van der Waals surface area (Å²) in [5.74, 6) is 1.51. The number of hydrogen-bond donors (Lipinski definition) is 1. The summed E-state index contributed by atoms with van der Waals surface area (Å²) in [5, 5.41) is 7.78. The molecule has 0 aliphatic carbocycles. The van der Waals surface area contributed by atoms with Crippen LogP contribution >= 0.6 is 11.3 Å². The van der Waals surface area contributed by atoms with Gasteiger partial charge in [-0.3, -0.25) is 4.98 Å². The van der Waals surface area contributed by atoms with Gasteiger partial charge in [0.1, 0.15) is 6.61 Å². The molecule has 0 saturated heterocycles. The Labute approximate surface area is 152 Å². The van der Waals surface area contributed by atoms with Gasteiger partial charge in [0.25, 0.3) is 0 Å². The van der Waals surface area contributed by atoms with Gasteiger partial charge in [0.05, 0.1) is 7.11 Å². The number of rotatable bonds is 9. The molecular formula is C20H22N2O2S. The number of thiophene rings is 1. The minimum absolute atomic E-state index is 0.497. The van der Waals surface area contributed by atoms with Gasteiger partial charge in [-0.05, 0) is 70.7 Å². The second kappa shape index (κ2) is 9.20. The van der Waals surface area contributed by atoms with E-state index in [0.29, 0.717) is 6.61 Å². The molecule has 0 fully saturated rings. The standard InChI is InChI=1S/C20H22N2O2S/c1-23-20-12-18(13-22-10-6-17-7-11-25-15-17)2-3-19(20)24-14-16-4-8-21-9-5-16/h2-5,7-9,11-12,15,22H,6,10,13-14H2,1H3. The highest BCUT2D eigenvalue weighted by atomic mass is 32.1. The SMILES string of the molecule is COc1cc(CNCCc2ccsc2)ccc1OCc1ccncc1. The molecule has 1 aromatic carbocycles. The van der Waals surface area contributed by atoms with Crippen LogP contribution in [0.3, 0.4) is 0 Å². The summed E-state index contributed by atoms with van der Waals surface area (Å²) in [6.45, 7) is 2.27. The second-order valence-electron chi connectivity index (χ2n) is 5.69. The minimum Gasteiger partial charge on any atom is -0.493 e. The Bertz CT molecular complexity index is 761. The van der Waals surface area contributed by atoms with E-state index in [1.54, 1.807) is 30.8 Å². The molecule has 0 aliphatic heterocycles. The number of nitrogens with zero attached hydrogens (tertiary/aromatic N) is 1. The summed E-state index contributed by atoms with van der Waals surface area (Å²) in [4.78, 5) is 4.01. The van der Waals surface area contributed by atoms with Crippen molar-refractivity contribution >= 4 is 11.3 Å². The summed E-state index contributed by atoms with van der Waals surface area (Å²) in [5.41, 5.74) is 3.64. The van der Waals surface area contributed by atoms with Crippen LogP contribution in [0.1, 0.15) is 16.7 Å². The van der Waals surface area contributed by atoms with Crippen molar-refractivity contribution < 1.29 is 9.47 Å². The summed E-state index contributed by atoms with van der Waals surface area (Å²) < 4.78 is 11.3. The Hall–Kier alpha value is -2.37. The van der Waals surface area contributed by atoms with Crippen molar-refractivity contribution in [1.29, 1.82) is 0 Å². The lowest BCUT2D eigenvalue weighted by molar-refractivity contribution is 0.284.